The highest BCUT2D eigenvalue weighted by atomic mass is 32.2. The molecule has 7 nitrogen and oxygen atoms in total. The molecule has 0 bridgehead atoms. The van der Waals surface area contributed by atoms with Gasteiger partial charge in [-0.1, -0.05) is 12.1 Å². The standard InChI is InChI=1S/C16H18FN3O4S/c1-3-24-15(22)12-8-19-16(25(2)23)20-14(12)18-7-10-4-5-11(9-21)13(17)6-10/h4-6,8,21H,3,7,9H2,1-2H3,(H,18,19,20). The highest BCUT2D eigenvalue weighted by Crippen LogP contribution is 2.17. The Kier molecular flexibility index (Phi) is 6.54. The molecule has 0 aliphatic rings. The largest absolute Gasteiger partial charge is 0.462 e. The Labute approximate surface area is 146 Å². The first kappa shape index (κ1) is 18.9. The van der Waals surface area contributed by atoms with E-state index in [0.717, 1.165) is 0 Å². The average Bonchev–Trinajstić information content (AvgIpc) is 2.60. The van der Waals surface area contributed by atoms with Crippen LogP contribution in [0.25, 0.3) is 0 Å². The van der Waals surface area contributed by atoms with Gasteiger partial charge in [-0.3, -0.25) is 4.21 Å². The molecule has 1 unspecified atom stereocenters. The van der Waals surface area contributed by atoms with Crippen molar-refractivity contribution in [3.05, 3.63) is 46.9 Å². The van der Waals surface area contributed by atoms with Crippen LogP contribution in [0.3, 0.4) is 0 Å². The number of nitrogens with one attached hydrogen (secondary N) is 1. The van der Waals surface area contributed by atoms with Crippen LogP contribution in [-0.4, -0.2) is 38.1 Å². The number of rotatable bonds is 7. The molecule has 2 rings (SSSR count). The topological polar surface area (TPSA) is 101 Å². The molecular weight excluding hydrogens is 349 g/mol. The molecule has 1 aromatic heterocycles. The third kappa shape index (κ3) is 4.80. The minimum Gasteiger partial charge on any atom is -0.462 e. The van der Waals surface area contributed by atoms with Crippen molar-refractivity contribution in [2.45, 2.75) is 25.2 Å². The van der Waals surface area contributed by atoms with Crippen molar-refractivity contribution in [2.75, 3.05) is 18.2 Å². The van der Waals surface area contributed by atoms with Gasteiger partial charge in [-0.25, -0.2) is 19.2 Å². The zero-order chi connectivity index (χ0) is 18.4. The number of carbonyl (C=O) groups is 1. The highest BCUT2D eigenvalue weighted by Gasteiger charge is 2.17. The summed E-state index contributed by atoms with van der Waals surface area (Å²) in [4.78, 5) is 20.0. The second kappa shape index (κ2) is 8.63. The van der Waals surface area contributed by atoms with Gasteiger partial charge in [0.15, 0.2) is 0 Å². The zero-order valence-electron chi connectivity index (χ0n) is 13.8. The number of benzene rings is 1. The fraction of sp³-hybridized carbons (Fsp3) is 0.312. The summed E-state index contributed by atoms with van der Waals surface area (Å²) >= 11 is 0. The summed E-state index contributed by atoms with van der Waals surface area (Å²) in [5.74, 6) is -0.976. The predicted molar refractivity (Wildman–Crippen MR) is 90.0 cm³/mol. The molecule has 134 valence electrons. The molecule has 0 amide bonds. The maximum atomic E-state index is 13.7. The van der Waals surface area contributed by atoms with Crippen LogP contribution in [0.15, 0.2) is 29.6 Å². The Morgan fingerprint density at radius 2 is 2.20 bits per heavy atom. The lowest BCUT2D eigenvalue weighted by Crippen LogP contribution is -2.14. The van der Waals surface area contributed by atoms with Crippen molar-refractivity contribution in [1.82, 2.24) is 9.97 Å². The van der Waals surface area contributed by atoms with Gasteiger partial charge in [0.1, 0.15) is 17.2 Å². The van der Waals surface area contributed by atoms with Gasteiger partial charge in [0.05, 0.1) is 24.0 Å². The third-order valence-corrected chi connectivity index (χ3v) is 3.98. The third-order valence-electron chi connectivity index (χ3n) is 3.27. The van der Waals surface area contributed by atoms with Crippen LogP contribution in [0.5, 0.6) is 0 Å². The van der Waals surface area contributed by atoms with E-state index in [-0.39, 0.29) is 41.9 Å². The summed E-state index contributed by atoms with van der Waals surface area (Å²) in [6, 6.07) is 4.40. The fourth-order valence-corrected chi connectivity index (χ4v) is 2.43. The Bertz CT molecular complexity index is 801. The second-order valence-electron chi connectivity index (χ2n) is 5.03. The summed E-state index contributed by atoms with van der Waals surface area (Å²) in [5, 5.41) is 12.0. The van der Waals surface area contributed by atoms with Gasteiger partial charge in [0, 0.05) is 24.6 Å². The highest BCUT2D eigenvalue weighted by molar-refractivity contribution is 7.84. The van der Waals surface area contributed by atoms with Crippen LogP contribution < -0.4 is 5.32 Å². The summed E-state index contributed by atoms with van der Waals surface area (Å²) < 4.78 is 30.2. The molecule has 25 heavy (non-hydrogen) atoms. The average molecular weight is 367 g/mol. The lowest BCUT2D eigenvalue weighted by atomic mass is 10.1. The lowest BCUT2D eigenvalue weighted by molar-refractivity contribution is 0.0526. The molecule has 9 heteroatoms. The van der Waals surface area contributed by atoms with Crippen molar-refractivity contribution in [2.24, 2.45) is 0 Å². The van der Waals surface area contributed by atoms with Crippen LogP contribution in [0.2, 0.25) is 0 Å². The van der Waals surface area contributed by atoms with Gasteiger partial charge in [-0.05, 0) is 18.6 Å². The minimum atomic E-state index is -1.42. The first-order chi connectivity index (χ1) is 12.0. The molecule has 0 saturated heterocycles. The Morgan fingerprint density at radius 3 is 2.80 bits per heavy atom. The number of esters is 1. The Morgan fingerprint density at radius 1 is 1.44 bits per heavy atom. The van der Waals surface area contributed by atoms with E-state index in [0.29, 0.717) is 5.56 Å². The van der Waals surface area contributed by atoms with Gasteiger partial charge in [0.2, 0.25) is 5.16 Å². The van der Waals surface area contributed by atoms with Gasteiger partial charge >= 0.3 is 5.97 Å². The molecule has 0 aliphatic carbocycles. The fourth-order valence-electron chi connectivity index (χ4n) is 2.01. The van der Waals surface area contributed by atoms with Crippen molar-refractivity contribution < 1.29 is 23.2 Å². The van der Waals surface area contributed by atoms with Crippen LogP contribution in [0, 0.1) is 5.82 Å². The van der Waals surface area contributed by atoms with Gasteiger partial charge < -0.3 is 15.2 Å². The number of carbonyl (C=O) groups excluding carboxylic acids is 1. The van der Waals surface area contributed by atoms with E-state index in [4.69, 9.17) is 9.84 Å². The molecule has 0 aliphatic heterocycles. The van der Waals surface area contributed by atoms with Crippen LogP contribution in [0.1, 0.15) is 28.4 Å². The number of nitrogens with zero attached hydrogens (tertiary/aromatic N) is 2. The molecule has 0 saturated carbocycles. The number of hydrogen-bond acceptors (Lipinski definition) is 7. The van der Waals surface area contributed by atoms with Gasteiger partial charge in [0.25, 0.3) is 0 Å². The van der Waals surface area contributed by atoms with E-state index in [2.05, 4.69) is 15.3 Å². The van der Waals surface area contributed by atoms with Gasteiger partial charge in [-0.2, -0.15) is 0 Å². The van der Waals surface area contributed by atoms with Crippen molar-refractivity contribution in [1.29, 1.82) is 0 Å². The zero-order valence-corrected chi connectivity index (χ0v) is 14.6. The molecule has 2 aromatic rings. The summed E-state index contributed by atoms with van der Waals surface area (Å²) in [6.07, 6.45) is 2.67. The number of halogens is 1. The molecule has 1 aromatic carbocycles. The normalized spacial score (nSPS) is 11.8. The first-order valence-electron chi connectivity index (χ1n) is 7.45. The molecule has 1 atom stereocenters. The summed E-state index contributed by atoms with van der Waals surface area (Å²) in [7, 11) is -1.42. The first-order valence-corrected chi connectivity index (χ1v) is 9.01. The summed E-state index contributed by atoms with van der Waals surface area (Å²) in [6.45, 7) is 1.65. The van der Waals surface area contributed by atoms with E-state index in [1.54, 1.807) is 13.0 Å². The Balaban J connectivity index is 2.26. The SMILES string of the molecule is CCOC(=O)c1cnc(S(C)=O)nc1NCc1ccc(CO)c(F)c1. The van der Waals surface area contributed by atoms with Crippen LogP contribution in [0.4, 0.5) is 10.2 Å². The van der Waals surface area contributed by atoms with Crippen molar-refractivity contribution >= 4 is 22.6 Å². The summed E-state index contributed by atoms with van der Waals surface area (Å²) in [5.41, 5.74) is 0.882. The number of aromatic nitrogens is 2. The maximum Gasteiger partial charge on any atom is 0.343 e. The molecule has 1 heterocycles. The van der Waals surface area contributed by atoms with Crippen LogP contribution >= 0.6 is 0 Å². The number of aliphatic hydroxyl groups is 1. The predicted octanol–water partition coefficient (Wildman–Crippen LogP) is 1.63. The number of aliphatic hydroxyl groups excluding tert-OH is 1. The molecular formula is C16H18FN3O4S. The number of anilines is 1. The van der Waals surface area contributed by atoms with E-state index in [1.165, 1.54) is 24.6 Å². The second-order valence-corrected chi connectivity index (χ2v) is 6.30. The van der Waals surface area contributed by atoms with E-state index in [9.17, 15) is 13.4 Å². The quantitative estimate of drug-likeness (QED) is 0.566. The number of ether oxygens (including phenoxy) is 1. The van der Waals surface area contributed by atoms with Gasteiger partial charge in [-0.15, -0.1) is 0 Å². The number of hydrogen-bond donors (Lipinski definition) is 2. The van der Waals surface area contributed by atoms with Crippen molar-refractivity contribution in [3.63, 3.8) is 0 Å². The Hall–Kier alpha value is -2.39. The monoisotopic (exact) mass is 367 g/mol. The van der Waals surface area contributed by atoms with Crippen LogP contribution in [-0.2, 0) is 28.7 Å². The van der Waals surface area contributed by atoms with Crippen molar-refractivity contribution in [3.8, 4) is 0 Å². The molecule has 0 radical (unpaired) electrons. The molecule has 0 fully saturated rings. The van der Waals surface area contributed by atoms with E-state index in [1.807, 2.05) is 0 Å². The molecule has 2 N–H and O–H groups in total. The minimum absolute atomic E-state index is 0.0670. The van der Waals surface area contributed by atoms with E-state index < -0.39 is 22.6 Å². The lowest BCUT2D eigenvalue weighted by Gasteiger charge is -2.11. The molecule has 0 spiro atoms. The van der Waals surface area contributed by atoms with E-state index >= 15 is 0 Å². The maximum absolute atomic E-state index is 13.7. The smallest absolute Gasteiger partial charge is 0.343 e.